The van der Waals surface area contributed by atoms with E-state index in [0.29, 0.717) is 0 Å². The summed E-state index contributed by atoms with van der Waals surface area (Å²) >= 11 is 3.93. The summed E-state index contributed by atoms with van der Waals surface area (Å²) in [4.78, 5) is 0. The predicted octanol–water partition coefficient (Wildman–Crippen LogP) is 7.36. The second-order valence-corrected chi connectivity index (χ2v) is 8.59. The molecular weight excluding hydrogens is 404 g/mol. The number of rotatable bonds is 1. The minimum atomic E-state index is -0.247. The zero-order valence-electron chi connectivity index (χ0n) is 15.7. The summed E-state index contributed by atoms with van der Waals surface area (Å²) in [6.45, 7) is 2.24. The van der Waals surface area contributed by atoms with Crippen LogP contribution < -0.4 is 0 Å². The van der Waals surface area contributed by atoms with Crippen LogP contribution in [0.15, 0.2) is 89.4 Å². The van der Waals surface area contributed by atoms with Crippen LogP contribution in [0.2, 0.25) is 0 Å². The molecule has 0 amide bonds. The summed E-state index contributed by atoms with van der Waals surface area (Å²) in [7, 11) is 0. The lowest BCUT2D eigenvalue weighted by molar-refractivity contribution is 0.787. The van der Waals surface area contributed by atoms with Gasteiger partial charge in [0.25, 0.3) is 0 Å². The Kier molecular flexibility index (Phi) is 3.31. The van der Waals surface area contributed by atoms with E-state index in [1.165, 1.54) is 54.5 Å². The molecule has 0 unspecified atom stereocenters. The molecule has 0 saturated heterocycles. The van der Waals surface area contributed by atoms with Crippen LogP contribution in [0.25, 0.3) is 22.3 Å². The van der Waals surface area contributed by atoms with Crippen LogP contribution in [0, 0.1) is 0 Å². The predicted molar refractivity (Wildman–Crippen MR) is 120 cm³/mol. The lowest BCUT2D eigenvalue weighted by Gasteiger charge is -2.31. The Hall–Kier alpha value is -2.64. The monoisotopic (exact) mass is 422 g/mol. The van der Waals surface area contributed by atoms with Crippen LogP contribution in [0.4, 0.5) is 0 Å². The van der Waals surface area contributed by atoms with Gasteiger partial charge in [-0.15, -0.1) is 0 Å². The van der Waals surface area contributed by atoms with Crippen LogP contribution >= 0.6 is 15.9 Å². The van der Waals surface area contributed by atoms with E-state index in [9.17, 15) is 0 Å². The van der Waals surface area contributed by atoms with E-state index >= 15 is 0 Å². The minimum absolute atomic E-state index is 0.247. The maximum absolute atomic E-state index is 3.93. The van der Waals surface area contributed by atoms with E-state index in [0.717, 1.165) is 6.42 Å². The Morgan fingerprint density at radius 2 is 1.25 bits per heavy atom. The fourth-order valence-corrected chi connectivity index (χ4v) is 6.08. The third-order valence-electron chi connectivity index (χ3n) is 6.53. The quantitative estimate of drug-likeness (QED) is 0.259. The fraction of sp³-hybridized carbons (Fsp3) is 0.111. The van der Waals surface area contributed by atoms with E-state index in [4.69, 9.17) is 0 Å². The highest BCUT2D eigenvalue weighted by molar-refractivity contribution is 9.10. The van der Waals surface area contributed by atoms with E-state index in [2.05, 4.69) is 108 Å². The fourth-order valence-electron chi connectivity index (χ4n) is 5.42. The molecule has 28 heavy (non-hydrogen) atoms. The van der Waals surface area contributed by atoms with Crippen LogP contribution in [0.5, 0.6) is 0 Å². The van der Waals surface area contributed by atoms with Gasteiger partial charge in [0.1, 0.15) is 0 Å². The SMILES string of the molecule is CCc1ccc2c(c1)C1(c3ccccc3-c3ccccc31)c1c(Br)cccc1-2. The van der Waals surface area contributed by atoms with Gasteiger partial charge in [-0.25, -0.2) is 0 Å². The van der Waals surface area contributed by atoms with Crippen molar-refractivity contribution in [2.45, 2.75) is 18.8 Å². The average molecular weight is 423 g/mol. The molecular formula is C27H19Br. The molecule has 134 valence electrons. The second kappa shape index (κ2) is 5.68. The standard InChI is InChI=1S/C27H19Br/c1-2-17-14-15-20-21-10-7-13-25(28)26(21)27(24(20)16-17)22-11-5-3-8-18(22)19-9-4-6-12-23(19)27/h3-16H,2H2,1H3. The molecule has 0 atom stereocenters. The van der Waals surface area contributed by atoms with Crippen molar-refractivity contribution in [1.82, 2.24) is 0 Å². The Bertz CT molecular complexity index is 1220. The van der Waals surface area contributed by atoms with Gasteiger partial charge in [0.2, 0.25) is 0 Å². The van der Waals surface area contributed by atoms with Crippen LogP contribution in [-0.4, -0.2) is 0 Å². The van der Waals surface area contributed by atoms with Gasteiger partial charge in [-0.3, -0.25) is 0 Å². The highest BCUT2D eigenvalue weighted by Gasteiger charge is 2.52. The van der Waals surface area contributed by atoms with Gasteiger partial charge in [0, 0.05) is 4.47 Å². The van der Waals surface area contributed by atoms with Gasteiger partial charge in [0.15, 0.2) is 0 Å². The normalized spacial score (nSPS) is 14.5. The number of hydrogen-bond acceptors (Lipinski definition) is 0. The largest absolute Gasteiger partial charge is 0.0736 e. The molecule has 0 bridgehead atoms. The summed E-state index contributed by atoms with van der Waals surface area (Å²) in [6.07, 6.45) is 1.05. The van der Waals surface area contributed by atoms with Crippen molar-refractivity contribution in [3.63, 3.8) is 0 Å². The molecule has 2 aliphatic carbocycles. The molecule has 1 heteroatoms. The molecule has 0 N–H and O–H groups in total. The van der Waals surface area contributed by atoms with Crippen molar-refractivity contribution >= 4 is 15.9 Å². The summed E-state index contributed by atoms with van der Waals surface area (Å²) in [5, 5.41) is 0. The lowest BCUT2D eigenvalue weighted by atomic mass is 9.70. The molecule has 0 saturated carbocycles. The minimum Gasteiger partial charge on any atom is -0.0619 e. The maximum Gasteiger partial charge on any atom is 0.0736 e. The Balaban J connectivity index is 1.87. The maximum atomic E-state index is 3.93. The Morgan fingerprint density at radius 3 is 1.93 bits per heavy atom. The molecule has 0 nitrogen and oxygen atoms in total. The highest BCUT2D eigenvalue weighted by atomic mass is 79.9. The number of halogens is 1. The summed E-state index contributed by atoms with van der Waals surface area (Å²) in [6, 6.07) is 31.6. The van der Waals surface area contributed by atoms with Crippen molar-refractivity contribution < 1.29 is 0 Å². The van der Waals surface area contributed by atoms with Crippen LogP contribution in [-0.2, 0) is 11.8 Å². The zero-order chi connectivity index (χ0) is 18.9. The first kappa shape index (κ1) is 16.3. The summed E-state index contributed by atoms with van der Waals surface area (Å²) < 4.78 is 1.19. The van der Waals surface area contributed by atoms with Gasteiger partial charge in [-0.2, -0.15) is 0 Å². The molecule has 4 aromatic carbocycles. The second-order valence-electron chi connectivity index (χ2n) is 7.74. The number of benzene rings is 4. The molecule has 0 radical (unpaired) electrons. The molecule has 0 heterocycles. The highest BCUT2D eigenvalue weighted by Crippen LogP contribution is 2.64. The van der Waals surface area contributed by atoms with Gasteiger partial charge in [-0.05, 0) is 62.6 Å². The average Bonchev–Trinajstić information content (AvgIpc) is 3.21. The number of fused-ring (bicyclic) bond motifs is 10. The van der Waals surface area contributed by atoms with Crippen molar-refractivity contribution in [3.8, 4) is 22.3 Å². The molecule has 6 rings (SSSR count). The van der Waals surface area contributed by atoms with Crippen molar-refractivity contribution in [1.29, 1.82) is 0 Å². The van der Waals surface area contributed by atoms with Crippen LogP contribution in [0.1, 0.15) is 34.7 Å². The number of aryl methyl sites for hydroxylation is 1. The van der Waals surface area contributed by atoms with Gasteiger partial charge >= 0.3 is 0 Å². The van der Waals surface area contributed by atoms with Gasteiger partial charge in [0.05, 0.1) is 5.41 Å². The Morgan fingerprint density at radius 1 is 0.643 bits per heavy atom. The van der Waals surface area contributed by atoms with E-state index in [1.54, 1.807) is 0 Å². The first-order chi connectivity index (χ1) is 13.8. The van der Waals surface area contributed by atoms with Crippen molar-refractivity contribution in [2.75, 3.05) is 0 Å². The third-order valence-corrected chi connectivity index (χ3v) is 7.19. The first-order valence-corrected chi connectivity index (χ1v) is 10.7. The zero-order valence-corrected chi connectivity index (χ0v) is 17.3. The third kappa shape index (κ3) is 1.81. The summed E-state index contributed by atoms with van der Waals surface area (Å²) in [5.74, 6) is 0. The van der Waals surface area contributed by atoms with E-state index in [1.807, 2.05) is 0 Å². The topological polar surface area (TPSA) is 0 Å². The van der Waals surface area contributed by atoms with E-state index in [-0.39, 0.29) is 5.41 Å². The molecule has 0 aliphatic heterocycles. The van der Waals surface area contributed by atoms with Gasteiger partial charge < -0.3 is 0 Å². The Labute approximate surface area is 174 Å². The molecule has 0 fully saturated rings. The summed E-state index contributed by atoms with van der Waals surface area (Å²) in [5.41, 5.74) is 12.2. The van der Waals surface area contributed by atoms with Crippen molar-refractivity contribution in [3.05, 3.63) is 117 Å². The lowest BCUT2D eigenvalue weighted by Crippen LogP contribution is -2.26. The smallest absolute Gasteiger partial charge is 0.0619 e. The van der Waals surface area contributed by atoms with Crippen molar-refractivity contribution in [2.24, 2.45) is 0 Å². The molecule has 2 aliphatic rings. The molecule has 1 spiro atoms. The molecule has 4 aromatic rings. The number of hydrogen-bond donors (Lipinski definition) is 0. The van der Waals surface area contributed by atoms with Gasteiger partial charge in [-0.1, -0.05) is 102 Å². The molecule has 0 aromatic heterocycles. The first-order valence-electron chi connectivity index (χ1n) is 9.89. The van der Waals surface area contributed by atoms with Crippen LogP contribution in [0.3, 0.4) is 0 Å². The van der Waals surface area contributed by atoms with E-state index < -0.39 is 0 Å².